The van der Waals surface area contributed by atoms with E-state index >= 15 is 0 Å². The van der Waals surface area contributed by atoms with E-state index in [9.17, 15) is 9.90 Å². The Hall–Kier alpha value is -4.10. The van der Waals surface area contributed by atoms with E-state index in [1.165, 1.54) is 4.40 Å². The summed E-state index contributed by atoms with van der Waals surface area (Å²) in [5.41, 5.74) is 4.18. The second-order valence-corrected chi connectivity index (χ2v) is 8.01. The molecule has 0 atom stereocenters. The molecule has 5 heterocycles. The minimum Gasteiger partial charge on any atom is -0.477 e. The summed E-state index contributed by atoms with van der Waals surface area (Å²) in [5, 5.41) is 11.7. The van der Waals surface area contributed by atoms with Crippen molar-refractivity contribution in [3.05, 3.63) is 106 Å². The standard InChI is InChI=1S/C25H18ClN5O2/c1-16-5-7-19(14-28-16)20-12-18(9-10-27-20)23-24(32)30-11-3-2-4-22(30)31(25(23)33)15-17-6-8-21(26)29-13-17/h2-14H,15H2,1H3/p+1. The van der Waals surface area contributed by atoms with Crippen LogP contribution < -0.4 is 10.1 Å². The zero-order valence-electron chi connectivity index (χ0n) is 17.7. The Balaban J connectivity index is 1.71. The number of aryl methyl sites for hydroxylation is 1. The lowest BCUT2D eigenvalue weighted by Crippen LogP contribution is -2.41. The highest BCUT2D eigenvalue weighted by atomic mass is 35.5. The molecule has 1 N–H and O–H groups in total. The molecule has 0 spiro atoms. The predicted molar refractivity (Wildman–Crippen MR) is 125 cm³/mol. The first kappa shape index (κ1) is 20.8. The van der Waals surface area contributed by atoms with Crippen LogP contribution >= 0.6 is 11.6 Å². The summed E-state index contributed by atoms with van der Waals surface area (Å²) in [6, 6.07) is 16.2. The summed E-state index contributed by atoms with van der Waals surface area (Å²) in [6.07, 6.45) is 6.69. The maximum Gasteiger partial charge on any atom is 0.354 e. The molecule has 8 heteroatoms. The Morgan fingerprint density at radius 1 is 1.00 bits per heavy atom. The van der Waals surface area contributed by atoms with Gasteiger partial charge in [-0.1, -0.05) is 23.7 Å². The monoisotopic (exact) mass is 456 g/mol. The van der Waals surface area contributed by atoms with Crippen molar-refractivity contribution < 1.29 is 9.67 Å². The molecule has 0 saturated heterocycles. The Morgan fingerprint density at radius 3 is 2.64 bits per heavy atom. The second kappa shape index (κ2) is 8.44. The van der Waals surface area contributed by atoms with E-state index in [1.54, 1.807) is 59.7 Å². The zero-order valence-corrected chi connectivity index (χ0v) is 18.4. The van der Waals surface area contributed by atoms with Crippen molar-refractivity contribution in [2.24, 2.45) is 0 Å². The van der Waals surface area contributed by atoms with Gasteiger partial charge in [0.2, 0.25) is 0 Å². The quantitative estimate of drug-likeness (QED) is 0.328. The molecule has 0 aliphatic carbocycles. The fraction of sp³-hybridized carbons (Fsp3) is 0.0800. The van der Waals surface area contributed by atoms with Crippen LogP contribution in [0.5, 0.6) is 5.88 Å². The molecule has 7 nitrogen and oxygen atoms in total. The molecule has 0 fully saturated rings. The molecule has 5 aromatic rings. The van der Waals surface area contributed by atoms with E-state index in [2.05, 4.69) is 15.0 Å². The fourth-order valence-electron chi connectivity index (χ4n) is 3.74. The molecule has 0 unspecified atom stereocenters. The molecule has 33 heavy (non-hydrogen) atoms. The minimum atomic E-state index is -0.326. The number of fused-ring (bicyclic) bond motifs is 1. The lowest BCUT2D eigenvalue weighted by atomic mass is 10.1. The minimum absolute atomic E-state index is 0.139. The van der Waals surface area contributed by atoms with Crippen LogP contribution in [0.25, 0.3) is 28.0 Å². The van der Waals surface area contributed by atoms with Gasteiger partial charge in [-0.25, -0.2) is 9.78 Å². The smallest absolute Gasteiger partial charge is 0.354 e. The number of nitrogens with zero attached hydrogens (tertiary/aromatic N) is 5. The summed E-state index contributed by atoms with van der Waals surface area (Å²) in [4.78, 5) is 26.3. The third-order valence-corrected chi connectivity index (χ3v) is 5.64. The number of hydrogen-bond donors (Lipinski definition) is 1. The first-order valence-electron chi connectivity index (χ1n) is 10.3. The summed E-state index contributed by atoms with van der Waals surface area (Å²) in [6.45, 7) is 2.22. The average Bonchev–Trinajstić information content (AvgIpc) is 2.84. The van der Waals surface area contributed by atoms with Gasteiger partial charge in [-0.15, -0.1) is 0 Å². The Morgan fingerprint density at radius 2 is 1.88 bits per heavy atom. The summed E-state index contributed by atoms with van der Waals surface area (Å²) >= 11 is 5.92. The van der Waals surface area contributed by atoms with Crippen molar-refractivity contribution >= 4 is 17.2 Å². The fourth-order valence-corrected chi connectivity index (χ4v) is 3.85. The van der Waals surface area contributed by atoms with Gasteiger partial charge in [-0.05, 0) is 43.3 Å². The first-order valence-corrected chi connectivity index (χ1v) is 10.6. The lowest BCUT2D eigenvalue weighted by Gasteiger charge is -2.11. The van der Waals surface area contributed by atoms with Crippen LogP contribution in [0.3, 0.4) is 0 Å². The molecular weight excluding hydrogens is 438 g/mol. The topological polar surface area (TPSA) is 84.3 Å². The molecule has 0 aliphatic rings. The highest BCUT2D eigenvalue weighted by molar-refractivity contribution is 6.29. The van der Waals surface area contributed by atoms with Crippen LogP contribution in [0.15, 0.2) is 84.2 Å². The molecule has 0 amide bonds. The maximum atomic E-state index is 13.4. The van der Waals surface area contributed by atoms with Gasteiger partial charge in [-0.2, -0.15) is 8.97 Å². The predicted octanol–water partition coefficient (Wildman–Crippen LogP) is 3.82. The van der Waals surface area contributed by atoms with E-state index in [1.807, 2.05) is 31.2 Å². The largest absolute Gasteiger partial charge is 0.477 e. The van der Waals surface area contributed by atoms with Crippen LogP contribution in [-0.4, -0.2) is 24.5 Å². The van der Waals surface area contributed by atoms with Crippen LogP contribution in [0.2, 0.25) is 5.15 Å². The highest BCUT2D eigenvalue weighted by Gasteiger charge is 2.25. The van der Waals surface area contributed by atoms with Gasteiger partial charge >= 0.3 is 5.56 Å². The molecule has 5 rings (SSSR count). The van der Waals surface area contributed by atoms with Crippen LogP contribution in [0, 0.1) is 6.92 Å². The molecular formula is C25H19ClN5O2+. The van der Waals surface area contributed by atoms with Crippen molar-refractivity contribution in [2.45, 2.75) is 13.5 Å². The van der Waals surface area contributed by atoms with Crippen molar-refractivity contribution in [1.82, 2.24) is 19.4 Å². The second-order valence-electron chi connectivity index (χ2n) is 7.63. The number of hydrogen-bond acceptors (Lipinski definition) is 5. The zero-order chi connectivity index (χ0) is 22.9. The third-order valence-electron chi connectivity index (χ3n) is 5.41. The van der Waals surface area contributed by atoms with E-state index in [0.29, 0.717) is 28.6 Å². The number of aromatic hydroxyl groups is 1. The van der Waals surface area contributed by atoms with Gasteiger partial charge in [0.05, 0.1) is 11.9 Å². The molecule has 0 radical (unpaired) electrons. The summed E-state index contributed by atoms with van der Waals surface area (Å²) in [7, 11) is 0. The van der Waals surface area contributed by atoms with Crippen molar-refractivity contribution in [1.29, 1.82) is 0 Å². The number of rotatable bonds is 4. The lowest BCUT2D eigenvalue weighted by molar-refractivity contribution is -0.671. The Labute approximate surface area is 194 Å². The normalized spacial score (nSPS) is 11.1. The average molecular weight is 457 g/mol. The molecule has 0 saturated carbocycles. The highest BCUT2D eigenvalue weighted by Crippen LogP contribution is 2.27. The van der Waals surface area contributed by atoms with Gasteiger partial charge in [0.15, 0.2) is 5.56 Å². The number of aromatic nitrogens is 5. The van der Waals surface area contributed by atoms with Crippen molar-refractivity contribution in [3.63, 3.8) is 0 Å². The van der Waals surface area contributed by atoms with Crippen LogP contribution in [0.4, 0.5) is 0 Å². The summed E-state index contributed by atoms with van der Waals surface area (Å²) < 4.78 is 3.20. The molecule has 0 aromatic carbocycles. The van der Waals surface area contributed by atoms with E-state index in [4.69, 9.17) is 11.6 Å². The van der Waals surface area contributed by atoms with Crippen molar-refractivity contribution in [3.8, 4) is 28.3 Å². The van der Waals surface area contributed by atoms with Crippen molar-refractivity contribution in [2.75, 3.05) is 0 Å². The van der Waals surface area contributed by atoms with E-state index in [-0.39, 0.29) is 17.0 Å². The number of pyridine rings is 4. The van der Waals surface area contributed by atoms with E-state index in [0.717, 1.165) is 16.8 Å². The molecule has 0 bridgehead atoms. The van der Waals surface area contributed by atoms with Gasteiger partial charge in [-0.3, -0.25) is 9.97 Å². The van der Waals surface area contributed by atoms with Crippen LogP contribution in [-0.2, 0) is 6.54 Å². The molecule has 5 aromatic heterocycles. The van der Waals surface area contributed by atoms with Gasteiger partial charge in [0.1, 0.15) is 11.7 Å². The maximum absolute atomic E-state index is 13.4. The van der Waals surface area contributed by atoms with E-state index < -0.39 is 0 Å². The first-order chi connectivity index (χ1) is 16.0. The Kier molecular flexibility index (Phi) is 5.32. The van der Waals surface area contributed by atoms with Gasteiger partial charge < -0.3 is 5.11 Å². The Bertz CT molecular complexity index is 1530. The number of halogens is 1. The van der Waals surface area contributed by atoms with Gasteiger partial charge in [0, 0.05) is 47.0 Å². The van der Waals surface area contributed by atoms with Gasteiger partial charge in [0.25, 0.3) is 11.5 Å². The summed E-state index contributed by atoms with van der Waals surface area (Å²) in [5.74, 6) is -0.139. The SMILES string of the molecule is Cc1ccc(-c2cc(-c3c(O)[n+](Cc4ccc(Cl)nc4)c4ccccn4c3=O)ccn2)cn1. The molecule has 0 aliphatic heterocycles. The molecule has 162 valence electrons. The van der Waals surface area contributed by atoms with Crippen LogP contribution in [0.1, 0.15) is 11.3 Å². The third kappa shape index (κ3) is 3.94.